The minimum atomic E-state index is -0.535. The maximum Gasteiger partial charge on any atom is 0.348 e. The normalized spacial score (nSPS) is 17.6. The number of carbonyl (C=O) groups excluding carboxylic acids is 2. The van der Waals surface area contributed by atoms with Crippen LogP contribution in [0.15, 0.2) is 54.6 Å². The van der Waals surface area contributed by atoms with Gasteiger partial charge in [0.2, 0.25) is 5.91 Å². The molecule has 1 unspecified atom stereocenters. The van der Waals surface area contributed by atoms with Crippen molar-refractivity contribution in [3.05, 3.63) is 69.9 Å². The zero-order valence-corrected chi connectivity index (χ0v) is 20.0. The molecule has 3 rings (SSSR count). The fraction of sp³-hybridized carbons (Fsp3) is 0.407. The Bertz CT molecular complexity index is 1020. The van der Waals surface area contributed by atoms with Crippen LogP contribution in [0.5, 0.6) is 0 Å². The molecule has 33 heavy (non-hydrogen) atoms. The maximum atomic E-state index is 12.3. The second-order valence-corrected chi connectivity index (χ2v) is 9.40. The number of thiophene rings is 1. The lowest BCUT2D eigenvalue weighted by Crippen LogP contribution is -2.32. The van der Waals surface area contributed by atoms with Crippen LogP contribution in [-0.2, 0) is 16.0 Å². The molecule has 0 spiro atoms. The van der Waals surface area contributed by atoms with Crippen molar-refractivity contribution in [2.24, 2.45) is 5.92 Å². The molecule has 0 bridgehead atoms. The molecular weight excluding hydrogens is 434 g/mol. The summed E-state index contributed by atoms with van der Waals surface area (Å²) in [5.74, 6) is 5.92. The summed E-state index contributed by atoms with van der Waals surface area (Å²) < 4.78 is 4.71. The molecule has 1 aliphatic rings. The largest absolute Gasteiger partial charge is 0.465 e. The molecule has 0 aliphatic carbocycles. The summed E-state index contributed by atoms with van der Waals surface area (Å²) in [5, 5.41) is 10.6. The lowest BCUT2D eigenvalue weighted by molar-refractivity contribution is -0.127. The number of methoxy groups -OCH3 is 1. The third-order valence-electron chi connectivity index (χ3n) is 5.91. The van der Waals surface area contributed by atoms with Crippen molar-refractivity contribution in [2.45, 2.75) is 51.2 Å². The van der Waals surface area contributed by atoms with Crippen LogP contribution in [0.3, 0.4) is 0 Å². The third kappa shape index (κ3) is 7.31. The van der Waals surface area contributed by atoms with E-state index in [1.54, 1.807) is 17.0 Å². The van der Waals surface area contributed by atoms with Crippen LogP contribution in [0.25, 0.3) is 0 Å². The molecule has 1 aromatic heterocycles. The molecule has 0 radical (unpaired) electrons. The minimum Gasteiger partial charge on any atom is -0.465 e. The highest BCUT2D eigenvalue weighted by Crippen LogP contribution is 2.21. The molecular formula is C27H31NO4S. The average Bonchev–Trinajstić information content (AvgIpc) is 3.44. The Labute approximate surface area is 200 Å². The van der Waals surface area contributed by atoms with Crippen molar-refractivity contribution in [3.8, 4) is 11.8 Å². The second kappa shape index (κ2) is 12.4. The predicted molar refractivity (Wildman–Crippen MR) is 131 cm³/mol. The highest BCUT2D eigenvalue weighted by molar-refractivity contribution is 7.14. The van der Waals surface area contributed by atoms with E-state index in [-0.39, 0.29) is 23.8 Å². The number of benzene rings is 1. The number of nitrogens with zero attached hydrogens (tertiary/aromatic N) is 1. The lowest BCUT2D eigenvalue weighted by atomic mass is 9.95. The molecule has 1 aliphatic heterocycles. The Balaban J connectivity index is 1.49. The van der Waals surface area contributed by atoms with Gasteiger partial charge in [-0.1, -0.05) is 61.2 Å². The van der Waals surface area contributed by atoms with Crippen molar-refractivity contribution >= 4 is 23.2 Å². The van der Waals surface area contributed by atoms with E-state index in [0.717, 1.165) is 30.6 Å². The second-order valence-electron chi connectivity index (χ2n) is 8.32. The van der Waals surface area contributed by atoms with Crippen LogP contribution in [0.1, 0.15) is 52.7 Å². The number of hydrogen-bond acceptors (Lipinski definition) is 5. The van der Waals surface area contributed by atoms with E-state index in [0.29, 0.717) is 17.8 Å². The van der Waals surface area contributed by atoms with Crippen LogP contribution in [0.4, 0.5) is 0 Å². The van der Waals surface area contributed by atoms with Crippen molar-refractivity contribution in [3.63, 3.8) is 0 Å². The van der Waals surface area contributed by atoms with E-state index in [4.69, 9.17) is 4.74 Å². The van der Waals surface area contributed by atoms with Gasteiger partial charge in [0.15, 0.2) is 0 Å². The number of aryl methyl sites for hydroxylation is 1. The first-order valence-corrected chi connectivity index (χ1v) is 12.2. The average molecular weight is 466 g/mol. The van der Waals surface area contributed by atoms with Crippen LogP contribution < -0.4 is 0 Å². The zero-order chi connectivity index (χ0) is 23.6. The van der Waals surface area contributed by atoms with E-state index in [1.807, 2.05) is 18.2 Å². The fourth-order valence-electron chi connectivity index (χ4n) is 3.86. The van der Waals surface area contributed by atoms with Crippen LogP contribution in [0, 0.1) is 17.8 Å². The number of amides is 1. The molecule has 0 saturated carbocycles. The van der Waals surface area contributed by atoms with Gasteiger partial charge >= 0.3 is 5.97 Å². The molecule has 2 heterocycles. The summed E-state index contributed by atoms with van der Waals surface area (Å²) in [7, 11) is 1.35. The standard InChI is InChI=1S/C27H31NO4S/c1-20(8-6-11-21-9-4-3-5-10-21)24(29)16-13-22-14-18-26(30)28(22)19-7-12-23-15-17-25(33-23)27(31)32-2/h3-5,9-10,13,15-17,20,22,24,29H,6,8,11,14,18-19H2,1-2H3/b16-13+/t20?,22-,24-/m0/s1. The maximum absolute atomic E-state index is 12.3. The Morgan fingerprint density at radius 2 is 2.09 bits per heavy atom. The van der Waals surface area contributed by atoms with Crippen molar-refractivity contribution < 1.29 is 19.4 Å². The zero-order valence-electron chi connectivity index (χ0n) is 19.2. The lowest BCUT2D eigenvalue weighted by Gasteiger charge is -2.21. The number of hydrogen-bond donors (Lipinski definition) is 1. The first kappa shape index (κ1) is 24.8. The topological polar surface area (TPSA) is 66.8 Å². The molecule has 1 fully saturated rings. The summed E-state index contributed by atoms with van der Waals surface area (Å²) in [6, 6.07) is 13.8. The van der Waals surface area contributed by atoms with E-state index in [9.17, 15) is 14.7 Å². The predicted octanol–water partition coefficient (Wildman–Crippen LogP) is 4.45. The Hall–Kier alpha value is -2.88. The van der Waals surface area contributed by atoms with Gasteiger partial charge < -0.3 is 14.7 Å². The summed E-state index contributed by atoms with van der Waals surface area (Å²) in [4.78, 5) is 26.9. The fourth-order valence-corrected chi connectivity index (χ4v) is 4.66. The van der Waals surface area contributed by atoms with Crippen LogP contribution >= 0.6 is 11.3 Å². The molecule has 2 aromatic rings. The molecule has 1 saturated heterocycles. The molecule has 3 atom stereocenters. The van der Waals surface area contributed by atoms with Gasteiger partial charge in [-0.05, 0) is 49.3 Å². The van der Waals surface area contributed by atoms with E-state index < -0.39 is 6.10 Å². The van der Waals surface area contributed by atoms with E-state index in [1.165, 1.54) is 24.0 Å². The monoisotopic (exact) mass is 465 g/mol. The van der Waals surface area contributed by atoms with Crippen LogP contribution in [-0.4, -0.2) is 47.7 Å². The highest BCUT2D eigenvalue weighted by Gasteiger charge is 2.28. The number of likely N-dealkylation sites (tertiary alicyclic amines) is 1. The van der Waals surface area contributed by atoms with Crippen molar-refractivity contribution in [2.75, 3.05) is 13.7 Å². The Kier molecular flexibility index (Phi) is 9.29. The van der Waals surface area contributed by atoms with Gasteiger partial charge in [-0.15, -0.1) is 11.3 Å². The first-order chi connectivity index (χ1) is 16.0. The molecule has 5 nitrogen and oxygen atoms in total. The highest BCUT2D eigenvalue weighted by atomic mass is 32.1. The summed E-state index contributed by atoms with van der Waals surface area (Å²) in [5.41, 5.74) is 1.32. The number of rotatable bonds is 9. The van der Waals surface area contributed by atoms with Crippen molar-refractivity contribution in [1.29, 1.82) is 0 Å². The number of ether oxygens (including phenoxy) is 1. The molecule has 174 valence electrons. The number of aliphatic hydroxyl groups excluding tert-OH is 1. The van der Waals surface area contributed by atoms with Crippen molar-refractivity contribution in [1.82, 2.24) is 4.90 Å². The Morgan fingerprint density at radius 3 is 2.85 bits per heavy atom. The first-order valence-electron chi connectivity index (χ1n) is 11.3. The van der Waals surface area contributed by atoms with Gasteiger partial charge in [0.1, 0.15) is 4.88 Å². The Morgan fingerprint density at radius 1 is 1.30 bits per heavy atom. The van der Waals surface area contributed by atoms with Crippen LogP contribution in [0.2, 0.25) is 0 Å². The number of aliphatic hydroxyl groups is 1. The summed E-state index contributed by atoms with van der Waals surface area (Å²) in [6.45, 7) is 2.38. The van der Waals surface area contributed by atoms with E-state index in [2.05, 4.69) is 43.0 Å². The quantitative estimate of drug-likeness (QED) is 0.337. The SMILES string of the molecule is COC(=O)c1ccc(C#CCN2C(=O)CC[C@@H]2/C=C/[C@H](O)C(C)CCCc2ccccc2)s1. The molecule has 1 aromatic carbocycles. The summed E-state index contributed by atoms with van der Waals surface area (Å²) in [6.07, 6.45) is 7.45. The minimum absolute atomic E-state index is 0.0491. The third-order valence-corrected chi connectivity index (χ3v) is 6.89. The van der Waals surface area contributed by atoms with E-state index >= 15 is 0 Å². The van der Waals surface area contributed by atoms with Gasteiger partial charge in [0, 0.05) is 6.42 Å². The molecule has 1 N–H and O–H groups in total. The van der Waals surface area contributed by atoms with Gasteiger partial charge in [-0.3, -0.25) is 4.79 Å². The van der Waals surface area contributed by atoms with Gasteiger partial charge in [-0.2, -0.15) is 0 Å². The smallest absolute Gasteiger partial charge is 0.348 e. The number of carbonyl (C=O) groups is 2. The summed E-state index contributed by atoms with van der Waals surface area (Å²) >= 11 is 1.27. The molecule has 1 amide bonds. The van der Waals surface area contributed by atoms with Gasteiger partial charge in [0.05, 0.1) is 30.7 Å². The molecule has 6 heteroatoms. The van der Waals surface area contributed by atoms with Gasteiger partial charge in [-0.25, -0.2) is 4.79 Å². The number of esters is 1. The van der Waals surface area contributed by atoms with Gasteiger partial charge in [0.25, 0.3) is 0 Å².